The van der Waals surface area contributed by atoms with E-state index in [0.717, 1.165) is 22.6 Å². The fraction of sp³-hybridized carbons (Fsp3) is 0.267. The Balaban J connectivity index is 2.29. The molecule has 0 aliphatic heterocycles. The van der Waals surface area contributed by atoms with Gasteiger partial charge >= 0.3 is 0 Å². The van der Waals surface area contributed by atoms with Crippen molar-refractivity contribution in [1.82, 2.24) is 9.97 Å². The van der Waals surface area contributed by atoms with Gasteiger partial charge in [0.25, 0.3) is 0 Å². The van der Waals surface area contributed by atoms with Crippen LogP contribution in [0.5, 0.6) is 0 Å². The summed E-state index contributed by atoms with van der Waals surface area (Å²) in [6, 6.07) is 5.45. The molecule has 0 aliphatic carbocycles. The number of hydrogen-bond acceptors (Lipinski definition) is 4. The predicted octanol–water partition coefficient (Wildman–Crippen LogP) is 2.37. The highest BCUT2D eigenvalue weighted by molar-refractivity contribution is 5.95. The maximum atomic E-state index is 11.4. The molecule has 0 aliphatic rings. The van der Waals surface area contributed by atoms with E-state index >= 15 is 0 Å². The molecule has 0 radical (unpaired) electrons. The zero-order valence-electron chi connectivity index (χ0n) is 11.8. The lowest BCUT2D eigenvalue weighted by Gasteiger charge is -2.18. The topological polar surface area (TPSA) is 80.9 Å². The fourth-order valence-electron chi connectivity index (χ4n) is 2.20. The number of hydrogen-bond donors (Lipinski definition) is 2. The number of amides is 1. The number of anilines is 1. The van der Waals surface area contributed by atoms with Gasteiger partial charge in [0, 0.05) is 23.6 Å². The largest absolute Gasteiger partial charge is 0.377 e. The standard InChI is InChI=1S/C15H18N4O/c1-9-12(15(16)20)5-4-6-13(9)19-11(3)14-10(2)17-7-8-18-14/h4-8,11,19H,1-3H3,(H2,16,20). The van der Waals surface area contributed by atoms with Crippen molar-refractivity contribution in [3.8, 4) is 0 Å². The molecular weight excluding hydrogens is 252 g/mol. The highest BCUT2D eigenvalue weighted by atomic mass is 16.1. The second-order valence-electron chi connectivity index (χ2n) is 4.74. The Morgan fingerprint density at radius 1 is 1.25 bits per heavy atom. The molecule has 104 valence electrons. The molecular formula is C15H18N4O. The Labute approximate surface area is 118 Å². The highest BCUT2D eigenvalue weighted by Crippen LogP contribution is 2.24. The molecule has 20 heavy (non-hydrogen) atoms. The Hall–Kier alpha value is -2.43. The number of carbonyl (C=O) groups is 1. The van der Waals surface area contributed by atoms with Gasteiger partial charge in [0.05, 0.1) is 17.4 Å². The van der Waals surface area contributed by atoms with E-state index in [2.05, 4.69) is 15.3 Å². The van der Waals surface area contributed by atoms with Crippen LogP contribution >= 0.6 is 0 Å². The van der Waals surface area contributed by atoms with E-state index in [4.69, 9.17) is 5.73 Å². The summed E-state index contributed by atoms with van der Waals surface area (Å²) in [5, 5.41) is 3.35. The lowest BCUT2D eigenvalue weighted by Crippen LogP contribution is -2.16. The smallest absolute Gasteiger partial charge is 0.249 e. The van der Waals surface area contributed by atoms with Crippen molar-refractivity contribution in [2.75, 3.05) is 5.32 Å². The predicted molar refractivity (Wildman–Crippen MR) is 78.5 cm³/mol. The van der Waals surface area contributed by atoms with E-state index < -0.39 is 5.91 Å². The number of aromatic nitrogens is 2. The van der Waals surface area contributed by atoms with E-state index in [0.29, 0.717) is 5.56 Å². The van der Waals surface area contributed by atoms with Gasteiger partial charge in [-0.05, 0) is 38.5 Å². The van der Waals surface area contributed by atoms with Crippen LogP contribution < -0.4 is 11.1 Å². The summed E-state index contributed by atoms with van der Waals surface area (Å²) >= 11 is 0. The number of aryl methyl sites for hydroxylation is 1. The third kappa shape index (κ3) is 2.77. The molecule has 0 saturated carbocycles. The van der Waals surface area contributed by atoms with Gasteiger partial charge in [-0.15, -0.1) is 0 Å². The Bertz CT molecular complexity index is 640. The molecule has 1 unspecified atom stereocenters. The second kappa shape index (κ2) is 5.69. The van der Waals surface area contributed by atoms with Gasteiger partial charge in [-0.2, -0.15) is 0 Å². The zero-order valence-corrected chi connectivity index (χ0v) is 11.8. The molecule has 0 bridgehead atoms. The van der Waals surface area contributed by atoms with Gasteiger partial charge in [0.2, 0.25) is 5.91 Å². The van der Waals surface area contributed by atoms with Crippen molar-refractivity contribution in [2.24, 2.45) is 5.73 Å². The van der Waals surface area contributed by atoms with Gasteiger partial charge in [-0.25, -0.2) is 0 Å². The summed E-state index contributed by atoms with van der Waals surface area (Å²) in [5.41, 5.74) is 9.37. The maximum absolute atomic E-state index is 11.4. The number of nitrogens with zero attached hydrogens (tertiary/aromatic N) is 2. The van der Waals surface area contributed by atoms with E-state index in [-0.39, 0.29) is 6.04 Å². The van der Waals surface area contributed by atoms with Gasteiger partial charge in [-0.1, -0.05) is 6.07 Å². The SMILES string of the molecule is Cc1nccnc1C(C)Nc1cccc(C(N)=O)c1C. The Kier molecular flexibility index (Phi) is 3.98. The van der Waals surface area contributed by atoms with Gasteiger partial charge in [0.15, 0.2) is 0 Å². The number of nitrogens with one attached hydrogen (secondary N) is 1. The molecule has 1 atom stereocenters. The van der Waals surface area contributed by atoms with E-state index in [1.54, 1.807) is 18.5 Å². The van der Waals surface area contributed by atoms with E-state index in [1.807, 2.05) is 32.9 Å². The molecule has 2 rings (SSSR count). The fourth-order valence-corrected chi connectivity index (χ4v) is 2.20. The average Bonchev–Trinajstić information content (AvgIpc) is 2.41. The zero-order chi connectivity index (χ0) is 14.7. The highest BCUT2D eigenvalue weighted by Gasteiger charge is 2.13. The first kappa shape index (κ1) is 14.0. The monoisotopic (exact) mass is 270 g/mol. The molecule has 1 heterocycles. The third-order valence-corrected chi connectivity index (χ3v) is 3.30. The molecule has 5 nitrogen and oxygen atoms in total. The van der Waals surface area contributed by atoms with Crippen LogP contribution in [0.15, 0.2) is 30.6 Å². The first-order valence-corrected chi connectivity index (χ1v) is 6.44. The summed E-state index contributed by atoms with van der Waals surface area (Å²) in [6.45, 7) is 5.80. The minimum Gasteiger partial charge on any atom is -0.377 e. The maximum Gasteiger partial charge on any atom is 0.249 e. The normalized spacial score (nSPS) is 11.9. The lowest BCUT2D eigenvalue weighted by molar-refractivity contribution is 0.1000. The lowest BCUT2D eigenvalue weighted by atomic mass is 10.1. The molecule has 1 aromatic heterocycles. The van der Waals surface area contributed by atoms with Crippen LogP contribution in [0.4, 0.5) is 5.69 Å². The molecule has 0 fully saturated rings. The molecule has 2 aromatic rings. The molecule has 3 N–H and O–H groups in total. The van der Waals surface area contributed by atoms with Crippen molar-refractivity contribution in [2.45, 2.75) is 26.8 Å². The van der Waals surface area contributed by atoms with Crippen LogP contribution in [-0.4, -0.2) is 15.9 Å². The van der Waals surface area contributed by atoms with Crippen LogP contribution in [0.1, 0.15) is 40.3 Å². The summed E-state index contributed by atoms with van der Waals surface area (Å²) < 4.78 is 0. The van der Waals surface area contributed by atoms with Gasteiger partial charge < -0.3 is 11.1 Å². The molecule has 0 spiro atoms. The quantitative estimate of drug-likeness (QED) is 0.893. The van der Waals surface area contributed by atoms with E-state index in [1.165, 1.54) is 0 Å². The Morgan fingerprint density at radius 3 is 2.60 bits per heavy atom. The van der Waals surface area contributed by atoms with Crippen LogP contribution in [0, 0.1) is 13.8 Å². The number of carbonyl (C=O) groups excluding carboxylic acids is 1. The van der Waals surface area contributed by atoms with Crippen molar-refractivity contribution in [1.29, 1.82) is 0 Å². The number of rotatable bonds is 4. The second-order valence-corrected chi connectivity index (χ2v) is 4.74. The molecule has 1 aromatic carbocycles. The first-order chi connectivity index (χ1) is 9.50. The van der Waals surface area contributed by atoms with Crippen molar-refractivity contribution in [3.05, 3.63) is 53.1 Å². The molecule has 1 amide bonds. The summed E-state index contributed by atoms with van der Waals surface area (Å²) in [7, 11) is 0. The van der Waals surface area contributed by atoms with Crippen molar-refractivity contribution < 1.29 is 4.79 Å². The van der Waals surface area contributed by atoms with Crippen LogP contribution in [0.3, 0.4) is 0 Å². The van der Waals surface area contributed by atoms with Crippen LogP contribution in [0.2, 0.25) is 0 Å². The Morgan fingerprint density at radius 2 is 1.95 bits per heavy atom. The van der Waals surface area contributed by atoms with Gasteiger partial charge in [0.1, 0.15) is 0 Å². The molecule has 5 heteroatoms. The van der Waals surface area contributed by atoms with Gasteiger partial charge in [-0.3, -0.25) is 14.8 Å². The number of benzene rings is 1. The van der Waals surface area contributed by atoms with Crippen LogP contribution in [-0.2, 0) is 0 Å². The van der Waals surface area contributed by atoms with Crippen molar-refractivity contribution >= 4 is 11.6 Å². The van der Waals surface area contributed by atoms with Crippen LogP contribution in [0.25, 0.3) is 0 Å². The average molecular weight is 270 g/mol. The van der Waals surface area contributed by atoms with E-state index in [9.17, 15) is 4.79 Å². The van der Waals surface area contributed by atoms with Crippen molar-refractivity contribution in [3.63, 3.8) is 0 Å². The first-order valence-electron chi connectivity index (χ1n) is 6.44. The minimum absolute atomic E-state index is 0.00877. The number of primary amides is 1. The number of nitrogens with two attached hydrogens (primary N) is 1. The summed E-state index contributed by atoms with van der Waals surface area (Å²) in [4.78, 5) is 19.9. The molecule has 0 saturated heterocycles. The summed E-state index contributed by atoms with van der Waals surface area (Å²) in [6.07, 6.45) is 3.34. The summed E-state index contributed by atoms with van der Waals surface area (Å²) in [5.74, 6) is -0.422. The minimum atomic E-state index is -0.422. The third-order valence-electron chi connectivity index (χ3n) is 3.30.